The molecule has 2 aliphatic rings. The molecule has 1 unspecified atom stereocenters. The molecule has 108 valence electrons. The van der Waals surface area contributed by atoms with Crippen LogP contribution in [0.25, 0.3) is 0 Å². The average molecular weight is 273 g/mol. The van der Waals surface area contributed by atoms with Crippen LogP contribution in [-0.2, 0) is 9.53 Å². The van der Waals surface area contributed by atoms with Crippen LogP contribution in [0, 0.1) is 5.92 Å². The summed E-state index contributed by atoms with van der Waals surface area (Å²) in [5.41, 5.74) is 0. The number of carbonyl (C=O) groups is 1. The van der Waals surface area contributed by atoms with Gasteiger partial charge in [-0.1, -0.05) is 6.58 Å². The van der Waals surface area contributed by atoms with Crippen molar-refractivity contribution in [2.24, 2.45) is 5.92 Å². The van der Waals surface area contributed by atoms with Crippen molar-refractivity contribution in [3.63, 3.8) is 0 Å². The van der Waals surface area contributed by atoms with Gasteiger partial charge < -0.3 is 9.64 Å². The van der Waals surface area contributed by atoms with Crippen molar-refractivity contribution in [1.82, 2.24) is 4.90 Å². The smallest absolute Gasteiger partial charge is 0.248 e. The first-order chi connectivity index (χ1) is 9.00. The molecule has 1 heterocycles. The predicted octanol–water partition coefficient (Wildman–Crippen LogP) is 2.62. The molecule has 19 heavy (non-hydrogen) atoms. The van der Waals surface area contributed by atoms with Crippen LogP contribution in [0.3, 0.4) is 0 Å². The summed E-state index contributed by atoms with van der Waals surface area (Å²) < 4.78 is 31.8. The summed E-state index contributed by atoms with van der Waals surface area (Å²) in [6.07, 6.45) is 3.21. The fourth-order valence-corrected chi connectivity index (χ4v) is 2.73. The Morgan fingerprint density at radius 2 is 2.05 bits per heavy atom. The highest BCUT2D eigenvalue weighted by Crippen LogP contribution is 2.36. The minimum atomic E-state index is -2.48. The van der Waals surface area contributed by atoms with E-state index in [1.807, 2.05) is 0 Å². The van der Waals surface area contributed by atoms with E-state index in [4.69, 9.17) is 4.74 Å². The summed E-state index contributed by atoms with van der Waals surface area (Å²) in [6.45, 7) is 5.28. The van der Waals surface area contributed by atoms with Gasteiger partial charge in [-0.05, 0) is 31.3 Å². The Morgan fingerprint density at radius 1 is 1.37 bits per heavy atom. The molecular formula is C14H21F2NO2. The molecule has 3 nitrogen and oxygen atoms in total. The van der Waals surface area contributed by atoms with Gasteiger partial charge in [0.25, 0.3) is 0 Å². The van der Waals surface area contributed by atoms with Gasteiger partial charge in [0.05, 0.1) is 6.10 Å². The molecule has 2 rings (SSSR count). The van der Waals surface area contributed by atoms with Gasteiger partial charge in [-0.2, -0.15) is 0 Å². The third-order valence-electron chi connectivity index (χ3n) is 4.04. The number of hydrogen-bond donors (Lipinski definition) is 0. The molecule has 0 spiro atoms. The highest BCUT2D eigenvalue weighted by atomic mass is 19.3. The van der Waals surface area contributed by atoms with Crippen molar-refractivity contribution in [3.8, 4) is 0 Å². The molecule has 0 aromatic heterocycles. The highest BCUT2D eigenvalue weighted by Gasteiger charge is 2.35. The van der Waals surface area contributed by atoms with E-state index in [2.05, 4.69) is 6.58 Å². The first-order valence-electron chi connectivity index (χ1n) is 6.91. The van der Waals surface area contributed by atoms with Gasteiger partial charge in [0.2, 0.25) is 11.8 Å². The third kappa shape index (κ3) is 4.00. The predicted molar refractivity (Wildman–Crippen MR) is 68.0 cm³/mol. The summed E-state index contributed by atoms with van der Waals surface area (Å²) in [5.74, 6) is -2.30. The van der Waals surface area contributed by atoms with Crippen LogP contribution in [0.1, 0.15) is 32.1 Å². The van der Waals surface area contributed by atoms with Gasteiger partial charge in [0.15, 0.2) is 0 Å². The Kier molecular flexibility index (Phi) is 4.55. The van der Waals surface area contributed by atoms with Crippen molar-refractivity contribution in [1.29, 1.82) is 0 Å². The van der Waals surface area contributed by atoms with Crippen molar-refractivity contribution in [2.45, 2.75) is 44.1 Å². The van der Waals surface area contributed by atoms with Crippen LogP contribution in [-0.4, -0.2) is 42.5 Å². The van der Waals surface area contributed by atoms with Crippen molar-refractivity contribution >= 4 is 5.91 Å². The van der Waals surface area contributed by atoms with Gasteiger partial charge in [0, 0.05) is 32.5 Å². The maximum Gasteiger partial charge on any atom is 0.248 e. The second-order valence-corrected chi connectivity index (χ2v) is 5.53. The van der Waals surface area contributed by atoms with E-state index in [1.54, 1.807) is 4.90 Å². The zero-order valence-electron chi connectivity index (χ0n) is 11.1. The number of amides is 1. The standard InChI is InChI=1S/C14H21F2NO2/c1-2-13(18)17-8-5-12(9-17)19-10-11-3-6-14(15,16)7-4-11/h2,11-12H,1,3-10H2. The number of ether oxygens (including phenoxy) is 1. The average Bonchev–Trinajstić information content (AvgIpc) is 2.85. The quantitative estimate of drug-likeness (QED) is 0.737. The largest absolute Gasteiger partial charge is 0.376 e. The van der Waals surface area contributed by atoms with Crippen molar-refractivity contribution < 1.29 is 18.3 Å². The van der Waals surface area contributed by atoms with E-state index < -0.39 is 5.92 Å². The van der Waals surface area contributed by atoms with Crippen LogP contribution < -0.4 is 0 Å². The lowest BCUT2D eigenvalue weighted by molar-refractivity contribution is -0.125. The first kappa shape index (κ1) is 14.4. The number of nitrogens with zero attached hydrogens (tertiary/aromatic N) is 1. The number of alkyl halides is 2. The van der Waals surface area contributed by atoms with Gasteiger partial charge in [-0.15, -0.1) is 0 Å². The Morgan fingerprint density at radius 3 is 2.68 bits per heavy atom. The molecule has 5 heteroatoms. The zero-order chi connectivity index (χ0) is 13.9. The number of carbonyl (C=O) groups excluding carboxylic acids is 1. The summed E-state index contributed by atoms with van der Waals surface area (Å²) >= 11 is 0. The maximum absolute atomic E-state index is 13.0. The molecular weight excluding hydrogens is 252 g/mol. The number of rotatable bonds is 4. The second kappa shape index (κ2) is 5.99. The van der Waals surface area contributed by atoms with Crippen molar-refractivity contribution in [2.75, 3.05) is 19.7 Å². The summed E-state index contributed by atoms with van der Waals surface area (Å²) in [7, 11) is 0. The molecule has 0 aromatic rings. The Bertz CT molecular complexity index is 336. The number of hydrogen-bond acceptors (Lipinski definition) is 2. The zero-order valence-corrected chi connectivity index (χ0v) is 11.1. The van der Waals surface area contributed by atoms with Crippen LogP contribution in [0.5, 0.6) is 0 Å². The van der Waals surface area contributed by atoms with Crippen LogP contribution >= 0.6 is 0 Å². The molecule has 1 saturated heterocycles. The van der Waals surface area contributed by atoms with E-state index in [0.29, 0.717) is 32.5 Å². The molecule has 0 aromatic carbocycles. The highest BCUT2D eigenvalue weighted by molar-refractivity contribution is 5.87. The SMILES string of the molecule is C=CC(=O)N1CCC(OCC2CCC(F)(F)CC2)C1. The summed E-state index contributed by atoms with van der Waals surface area (Å²) in [6, 6.07) is 0. The Labute approximate surface area is 112 Å². The molecule has 1 aliphatic heterocycles. The van der Waals surface area contributed by atoms with Crippen LogP contribution in [0.2, 0.25) is 0 Å². The molecule has 1 atom stereocenters. The minimum Gasteiger partial charge on any atom is -0.376 e. The lowest BCUT2D eigenvalue weighted by atomic mass is 9.87. The molecule has 0 N–H and O–H groups in total. The topological polar surface area (TPSA) is 29.5 Å². The lowest BCUT2D eigenvalue weighted by Gasteiger charge is -2.28. The monoisotopic (exact) mass is 273 g/mol. The number of halogens is 2. The lowest BCUT2D eigenvalue weighted by Crippen LogP contribution is -2.30. The molecule has 0 radical (unpaired) electrons. The van der Waals surface area contributed by atoms with Gasteiger partial charge in [-0.25, -0.2) is 8.78 Å². The summed E-state index contributed by atoms with van der Waals surface area (Å²) in [5, 5.41) is 0. The minimum absolute atomic E-state index is 0.0211. The third-order valence-corrected chi connectivity index (χ3v) is 4.04. The van der Waals surface area contributed by atoms with E-state index >= 15 is 0 Å². The van der Waals surface area contributed by atoms with Gasteiger partial charge >= 0.3 is 0 Å². The fraction of sp³-hybridized carbons (Fsp3) is 0.786. The normalized spacial score (nSPS) is 27.5. The molecule has 2 fully saturated rings. The maximum atomic E-state index is 13.0. The van der Waals surface area contributed by atoms with E-state index in [9.17, 15) is 13.6 Å². The molecule has 1 amide bonds. The molecule has 0 bridgehead atoms. The first-order valence-corrected chi connectivity index (χ1v) is 6.91. The van der Waals surface area contributed by atoms with E-state index in [-0.39, 0.29) is 30.8 Å². The Hall–Kier alpha value is -0.970. The number of likely N-dealkylation sites (tertiary alicyclic amines) is 1. The van der Waals surface area contributed by atoms with Crippen LogP contribution in [0.15, 0.2) is 12.7 Å². The Balaban J connectivity index is 1.67. The van der Waals surface area contributed by atoms with E-state index in [1.165, 1.54) is 6.08 Å². The summed E-state index contributed by atoms with van der Waals surface area (Å²) in [4.78, 5) is 13.1. The van der Waals surface area contributed by atoms with Gasteiger partial charge in [-0.3, -0.25) is 4.79 Å². The van der Waals surface area contributed by atoms with Crippen molar-refractivity contribution in [3.05, 3.63) is 12.7 Å². The molecule has 1 saturated carbocycles. The van der Waals surface area contributed by atoms with E-state index in [0.717, 1.165) is 6.42 Å². The fourth-order valence-electron chi connectivity index (χ4n) is 2.73. The second-order valence-electron chi connectivity index (χ2n) is 5.53. The van der Waals surface area contributed by atoms with Gasteiger partial charge in [0.1, 0.15) is 0 Å². The molecule has 1 aliphatic carbocycles. The van der Waals surface area contributed by atoms with Crippen LogP contribution in [0.4, 0.5) is 8.78 Å².